The lowest BCUT2D eigenvalue weighted by Gasteiger charge is -2.17. The first-order chi connectivity index (χ1) is 16.7. The van der Waals surface area contributed by atoms with Gasteiger partial charge in [0.1, 0.15) is 0 Å². The molecule has 0 aromatic carbocycles. The molecule has 0 amide bonds. The Morgan fingerprint density at radius 3 is 0.674 bits per heavy atom. The first-order valence-corrected chi connectivity index (χ1v) is 15.5. The molecule has 0 unspecified atom stereocenters. The Labute approximate surface area is 285 Å². The van der Waals surface area contributed by atoms with Gasteiger partial charge in [0.25, 0.3) is 0 Å². The minimum Gasteiger partial charge on any atom is -0.396 e. The molecular formula is C40H108O3. The molecule has 0 saturated heterocycles. The van der Waals surface area contributed by atoms with Crippen molar-refractivity contribution in [2.24, 2.45) is 5.41 Å². The van der Waals surface area contributed by atoms with Crippen molar-refractivity contribution in [2.45, 2.75) is 233 Å². The Bertz CT molecular complexity index is 200. The summed E-state index contributed by atoms with van der Waals surface area (Å²) in [4.78, 5) is 0. The predicted molar refractivity (Wildman–Crippen MR) is 219 cm³/mol. The number of aliphatic hydroxyl groups is 1. The van der Waals surface area contributed by atoms with Gasteiger partial charge < -0.3 is 14.6 Å². The van der Waals surface area contributed by atoms with E-state index in [9.17, 15) is 0 Å². The minimum atomic E-state index is 0. The quantitative estimate of drug-likeness (QED) is 0.182. The fourth-order valence-corrected chi connectivity index (χ4v) is 1.69. The largest absolute Gasteiger partial charge is 0.396 e. The van der Waals surface area contributed by atoms with E-state index in [4.69, 9.17) is 14.6 Å². The fourth-order valence-electron chi connectivity index (χ4n) is 1.69. The van der Waals surface area contributed by atoms with Crippen molar-refractivity contribution in [3.05, 3.63) is 0 Å². The summed E-state index contributed by atoms with van der Waals surface area (Å²) >= 11 is 0. The first kappa shape index (κ1) is 90.2. The normalized spacial score (nSPS) is 7.67. The summed E-state index contributed by atoms with van der Waals surface area (Å²) in [5.74, 6) is 0. The number of aliphatic hydroxyl groups excluding tert-OH is 1. The molecule has 0 saturated carbocycles. The molecule has 0 spiro atoms. The molecule has 3 heteroatoms. The summed E-state index contributed by atoms with van der Waals surface area (Å²) in [5, 5.41) is 8.59. The SMILES string of the molecule is C.C.C.C.C.C.C.C.CCC(C)(C)CO.CCCC.CCCCCC.CCCCCC.CCCOCC.CCCOCC. The van der Waals surface area contributed by atoms with E-state index in [1.165, 1.54) is 64.2 Å². The number of rotatable bonds is 15. The minimum absolute atomic E-state index is 0. The zero-order chi connectivity index (χ0) is 28.6. The standard InChI is InChI=1S/C6H14O.2C6H14.2C5H12O.C4H10.8CH4/c1-4-6(2,3)5-7;4*1-3-5-6-4-2;1-3-4-2;;;;;;;;/h7H,4-5H2,1-3H3;2*3-6H2,1-2H3;2*3-5H2,1-2H3;3-4H2,1-2H3;8*1H4. The Hall–Kier alpha value is -0.120. The van der Waals surface area contributed by atoms with Crippen LogP contribution in [0.2, 0.25) is 0 Å². The summed E-state index contributed by atoms with van der Waals surface area (Å²) in [6.45, 7) is 31.5. The van der Waals surface area contributed by atoms with Crippen LogP contribution in [0, 0.1) is 5.41 Å². The molecule has 0 atom stereocenters. The Kier molecular flexibility index (Phi) is 219. The van der Waals surface area contributed by atoms with Crippen molar-refractivity contribution >= 4 is 0 Å². The molecule has 0 aliphatic rings. The third kappa shape index (κ3) is 187. The van der Waals surface area contributed by atoms with Crippen LogP contribution in [0.3, 0.4) is 0 Å². The van der Waals surface area contributed by atoms with Crippen LogP contribution < -0.4 is 0 Å². The summed E-state index contributed by atoms with van der Waals surface area (Å²) in [6.07, 6.45) is 17.0. The van der Waals surface area contributed by atoms with Crippen molar-refractivity contribution in [1.82, 2.24) is 0 Å². The van der Waals surface area contributed by atoms with Crippen LogP contribution in [0.15, 0.2) is 0 Å². The monoisotopic (exact) mass is 637 g/mol. The van der Waals surface area contributed by atoms with E-state index in [1.54, 1.807) is 0 Å². The highest BCUT2D eigenvalue weighted by Crippen LogP contribution is 2.16. The molecule has 0 aromatic rings. The maximum Gasteiger partial charge on any atom is 0.0482 e. The van der Waals surface area contributed by atoms with Crippen molar-refractivity contribution in [3.63, 3.8) is 0 Å². The molecule has 0 rings (SSSR count). The Morgan fingerprint density at radius 2 is 0.628 bits per heavy atom. The van der Waals surface area contributed by atoms with Gasteiger partial charge in [0, 0.05) is 33.0 Å². The molecule has 0 aromatic heterocycles. The lowest BCUT2D eigenvalue weighted by Crippen LogP contribution is -2.14. The number of unbranched alkanes of at least 4 members (excludes halogenated alkanes) is 7. The first-order valence-electron chi connectivity index (χ1n) is 15.5. The van der Waals surface area contributed by atoms with Crippen molar-refractivity contribution in [1.29, 1.82) is 0 Å². The van der Waals surface area contributed by atoms with Crippen LogP contribution in [0.5, 0.6) is 0 Å². The van der Waals surface area contributed by atoms with Crippen LogP contribution in [-0.2, 0) is 9.47 Å². The molecule has 286 valence electrons. The maximum absolute atomic E-state index is 8.59. The lowest BCUT2D eigenvalue weighted by molar-refractivity contribution is 0.148. The molecular weight excluding hydrogens is 528 g/mol. The second-order valence-electron chi connectivity index (χ2n) is 9.48. The second-order valence-corrected chi connectivity index (χ2v) is 9.48. The van der Waals surface area contributed by atoms with E-state index in [0.717, 1.165) is 45.7 Å². The predicted octanol–water partition coefficient (Wildman–Crippen LogP) is 16.3. The summed E-state index contributed by atoms with van der Waals surface area (Å²) in [5.41, 5.74) is 0.139. The molecule has 43 heavy (non-hydrogen) atoms. The highest BCUT2D eigenvalue weighted by atomic mass is 16.5. The van der Waals surface area contributed by atoms with Gasteiger partial charge >= 0.3 is 0 Å². The van der Waals surface area contributed by atoms with Gasteiger partial charge in [-0.05, 0) is 38.5 Å². The van der Waals surface area contributed by atoms with Gasteiger partial charge in [-0.1, -0.05) is 200 Å². The maximum atomic E-state index is 8.59. The third-order valence-electron chi connectivity index (χ3n) is 4.90. The van der Waals surface area contributed by atoms with Crippen LogP contribution in [0.25, 0.3) is 0 Å². The van der Waals surface area contributed by atoms with Gasteiger partial charge in [0.2, 0.25) is 0 Å². The second kappa shape index (κ2) is 104. The highest BCUT2D eigenvalue weighted by Gasteiger charge is 2.11. The van der Waals surface area contributed by atoms with Gasteiger partial charge in [-0.2, -0.15) is 0 Å². The van der Waals surface area contributed by atoms with E-state index in [0.29, 0.717) is 6.61 Å². The number of hydrogen-bond acceptors (Lipinski definition) is 3. The molecule has 0 aliphatic carbocycles. The highest BCUT2D eigenvalue weighted by molar-refractivity contribution is 4.62. The molecule has 0 radical (unpaired) electrons. The zero-order valence-electron chi connectivity index (χ0n) is 27.5. The fraction of sp³-hybridized carbons (Fsp3) is 1.00. The van der Waals surface area contributed by atoms with Gasteiger partial charge in [-0.3, -0.25) is 0 Å². The molecule has 0 aliphatic heterocycles. The van der Waals surface area contributed by atoms with E-state index in [2.05, 4.69) is 62.3 Å². The van der Waals surface area contributed by atoms with E-state index < -0.39 is 0 Å². The Morgan fingerprint density at radius 1 is 0.395 bits per heavy atom. The van der Waals surface area contributed by atoms with Crippen LogP contribution >= 0.6 is 0 Å². The average molecular weight is 637 g/mol. The zero-order valence-corrected chi connectivity index (χ0v) is 27.5. The van der Waals surface area contributed by atoms with E-state index in [1.807, 2.05) is 27.7 Å². The molecule has 3 nitrogen and oxygen atoms in total. The summed E-state index contributed by atoms with van der Waals surface area (Å²) in [6, 6.07) is 0. The van der Waals surface area contributed by atoms with Crippen molar-refractivity contribution in [2.75, 3.05) is 33.0 Å². The van der Waals surface area contributed by atoms with Crippen LogP contribution in [-0.4, -0.2) is 38.1 Å². The average Bonchev–Trinajstić information content (AvgIpc) is 2.89. The van der Waals surface area contributed by atoms with Gasteiger partial charge in [0.15, 0.2) is 0 Å². The summed E-state index contributed by atoms with van der Waals surface area (Å²) in [7, 11) is 0. The van der Waals surface area contributed by atoms with Gasteiger partial charge in [-0.15, -0.1) is 0 Å². The topological polar surface area (TPSA) is 38.7 Å². The Balaban J connectivity index is -0.0000000189. The van der Waals surface area contributed by atoms with E-state index >= 15 is 0 Å². The van der Waals surface area contributed by atoms with Gasteiger partial charge in [0.05, 0.1) is 0 Å². The smallest absolute Gasteiger partial charge is 0.0482 e. The van der Waals surface area contributed by atoms with Gasteiger partial charge in [-0.25, -0.2) is 0 Å². The van der Waals surface area contributed by atoms with Crippen molar-refractivity contribution < 1.29 is 14.6 Å². The summed E-state index contributed by atoms with van der Waals surface area (Å²) < 4.78 is 9.97. The third-order valence-corrected chi connectivity index (χ3v) is 4.90. The number of ether oxygens (including phenoxy) is 2. The number of hydrogen-bond donors (Lipinski definition) is 1. The van der Waals surface area contributed by atoms with E-state index in [-0.39, 0.29) is 64.8 Å². The molecule has 0 fully saturated rings. The van der Waals surface area contributed by atoms with Crippen LogP contribution in [0.4, 0.5) is 0 Å². The lowest BCUT2D eigenvalue weighted by atomic mass is 9.92. The molecule has 1 N–H and O–H groups in total. The van der Waals surface area contributed by atoms with Crippen molar-refractivity contribution in [3.8, 4) is 0 Å². The van der Waals surface area contributed by atoms with Crippen LogP contribution in [0.1, 0.15) is 233 Å². The molecule has 0 heterocycles. The molecule has 0 bridgehead atoms.